The third-order valence-corrected chi connectivity index (χ3v) is 7.04. The van der Waals surface area contributed by atoms with Gasteiger partial charge in [0.1, 0.15) is 10.6 Å². The van der Waals surface area contributed by atoms with Crippen molar-refractivity contribution in [3.63, 3.8) is 0 Å². The summed E-state index contributed by atoms with van der Waals surface area (Å²) in [5.74, 6) is 0.117. The maximum Gasteiger partial charge on any atom is 0.338 e. The van der Waals surface area contributed by atoms with Crippen LogP contribution >= 0.6 is 0 Å². The second kappa shape index (κ2) is 10.0. The first-order chi connectivity index (χ1) is 16.5. The predicted molar refractivity (Wildman–Crippen MR) is 127 cm³/mol. The lowest BCUT2D eigenvalue weighted by Gasteiger charge is -2.15. The molecule has 0 aliphatic carbocycles. The number of fused-ring (bicyclic) bond motifs is 1. The number of aromatic nitrogens is 3. The van der Waals surface area contributed by atoms with Crippen molar-refractivity contribution in [1.82, 2.24) is 14.5 Å². The van der Waals surface area contributed by atoms with Crippen LogP contribution in [0.4, 0.5) is 0 Å². The summed E-state index contributed by atoms with van der Waals surface area (Å²) in [6.45, 7) is 4.60. The molecule has 4 aromatic rings. The fourth-order valence-corrected chi connectivity index (χ4v) is 4.94. The monoisotopic (exact) mass is 479 g/mol. The lowest BCUT2D eigenvalue weighted by molar-refractivity contribution is 0.0526. The van der Waals surface area contributed by atoms with Crippen LogP contribution in [0.1, 0.15) is 37.0 Å². The maximum absolute atomic E-state index is 13.7. The van der Waals surface area contributed by atoms with Gasteiger partial charge in [-0.2, -0.15) is 0 Å². The second-order valence-corrected chi connectivity index (χ2v) is 9.49. The average molecular weight is 480 g/mol. The van der Waals surface area contributed by atoms with Crippen LogP contribution in [-0.4, -0.2) is 42.1 Å². The normalized spacial score (nSPS) is 11.5. The van der Waals surface area contributed by atoms with Crippen molar-refractivity contribution >= 4 is 26.7 Å². The molecular weight excluding hydrogens is 454 g/mol. The molecule has 0 fully saturated rings. The summed E-state index contributed by atoms with van der Waals surface area (Å²) >= 11 is 0. The first-order valence-electron chi connectivity index (χ1n) is 11.0. The summed E-state index contributed by atoms with van der Waals surface area (Å²) in [5, 5.41) is 0.490. The summed E-state index contributed by atoms with van der Waals surface area (Å²) in [6, 6.07) is 11.2. The molecule has 2 aromatic heterocycles. The zero-order valence-electron chi connectivity index (χ0n) is 19.0. The van der Waals surface area contributed by atoms with Gasteiger partial charge in [-0.3, -0.25) is 4.98 Å². The minimum atomic E-state index is -3.96. The van der Waals surface area contributed by atoms with E-state index in [1.165, 1.54) is 24.7 Å². The highest BCUT2D eigenvalue weighted by molar-refractivity contribution is 7.91. The summed E-state index contributed by atoms with van der Waals surface area (Å²) in [6.07, 6.45) is 7.98. The molecule has 176 valence electrons. The number of hydrogen-bond donors (Lipinski definition) is 0. The van der Waals surface area contributed by atoms with Crippen LogP contribution in [0.3, 0.4) is 0 Å². The average Bonchev–Trinajstić information content (AvgIpc) is 3.38. The van der Waals surface area contributed by atoms with Crippen molar-refractivity contribution in [3.8, 4) is 11.4 Å². The molecule has 8 nitrogen and oxygen atoms in total. The Morgan fingerprint density at radius 3 is 2.56 bits per heavy atom. The first-order valence-corrected chi connectivity index (χ1v) is 12.5. The van der Waals surface area contributed by atoms with Gasteiger partial charge >= 0.3 is 5.97 Å². The Kier molecular flexibility index (Phi) is 6.93. The van der Waals surface area contributed by atoms with Crippen LogP contribution in [0.5, 0.6) is 5.75 Å². The van der Waals surface area contributed by atoms with Gasteiger partial charge in [0, 0.05) is 24.0 Å². The molecule has 0 aliphatic heterocycles. The van der Waals surface area contributed by atoms with E-state index in [0.717, 1.165) is 12.8 Å². The topological polar surface area (TPSA) is 100 Å². The van der Waals surface area contributed by atoms with Gasteiger partial charge in [-0.1, -0.05) is 13.3 Å². The molecule has 0 radical (unpaired) electrons. The summed E-state index contributed by atoms with van der Waals surface area (Å²) < 4.78 is 39.7. The number of unbranched alkanes of at least 4 members (excludes halogenated alkanes) is 1. The fraction of sp³-hybridized carbons (Fsp3) is 0.240. The summed E-state index contributed by atoms with van der Waals surface area (Å²) in [7, 11) is -3.96. The predicted octanol–water partition coefficient (Wildman–Crippen LogP) is 4.61. The number of carbonyl (C=O) groups is 1. The summed E-state index contributed by atoms with van der Waals surface area (Å²) in [4.78, 5) is 20.9. The highest BCUT2D eigenvalue weighted by atomic mass is 32.2. The van der Waals surface area contributed by atoms with Gasteiger partial charge in [0.05, 0.1) is 41.2 Å². The molecule has 0 aliphatic rings. The summed E-state index contributed by atoms with van der Waals surface area (Å²) in [5.41, 5.74) is 1.20. The number of imidazole rings is 1. The Labute approximate surface area is 198 Å². The highest BCUT2D eigenvalue weighted by Crippen LogP contribution is 2.33. The molecule has 0 N–H and O–H groups in total. The SMILES string of the molecule is CCCCOc1ccc(S(=O)(=O)c2cnc3ccc(C(=O)OCC)cc3c2-n2ccnc2)cc1. The number of pyridine rings is 1. The number of sulfone groups is 1. The van der Waals surface area contributed by atoms with Crippen LogP contribution in [0.25, 0.3) is 16.6 Å². The number of carbonyl (C=O) groups excluding carboxylic acids is 1. The minimum absolute atomic E-state index is 0.00124. The number of nitrogens with zero attached hydrogens (tertiary/aromatic N) is 3. The molecule has 0 atom stereocenters. The Morgan fingerprint density at radius 1 is 1.09 bits per heavy atom. The second-order valence-electron chi connectivity index (χ2n) is 7.57. The van der Waals surface area contributed by atoms with Gasteiger partial charge in [0.2, 0.25) is 9.84 Å². The molecule has 0 amide bonds. The van der Waals surface area contributed by atoms with Crippen molar-refractivity contribution in [2.24, 2.45) is 0 Å². The van der Waals surface area contributed by atoms with Crippen molar-refractivity contribution in [2.75, 3.05) is 13.2 Å². The Balaban J connectivity index is 1.84. The third kappa shape index (κ3) is 4.65. The zero-order chi connectivity index (χ0) is 24.1. The Bertz CT molecular complexity index is 1400. The third-order valence-electron chi connectivity index (χ3n) is 5.27. The van der Waals surface area contributed by atoms with E-state index in [4.69, 9.17) is 9.47 Å². The van der Waals surface area contributed by atoms with Gasteiger partial charge in [0.25, 0.3) is 0 Å². The van der Waals surface area contributed by atoms with E-state index in [1.54, 1.807) is 54.2 Å². The van der Waals surface area contributed by atoms with Crippen molar-refractivity contribution in [1.29, 1.82) is 0 Å². The van der Waals surface area contributed by atoms with E-state index < -0.39 is 15.8 Å². The number of benzene rings is 2. The minimum Gasteiger partial charge on any atom is -0.494 e. The largest absolute Gasteiger partial charge is 0.494 e. The quantitative estimate of drug-likeness (QED) is 0.255. The molecule has 2 heterocycles. The van der Waals surface area contributed by atoms with Crippen LogP contribution in [0, 0.1) is 0 Å². The van der Waals surface area contributed by atoms with Crippen molar-refractivity contribution < 1.29 is 22.7 Å². The van der Waals surface area contributed by atoms with Gasteiger partial charge in [-0.05, 0) is 55.8 Å². The zero-order valence-corrected chi connectivity index (χ0v) is 19.8. The Morgan fingerprint density at radius 2 is 1.88 bits per heavy atom. The van der Waals surface area contributed by atoms with E-state index in [-0.39, 0.29) is 16.4 Å². The van der Waals surface area contributed by atoms with E-state index in [0.29, 0.717) is 34.5 Å². The molecule has 0 saturated heterocycles. The lowest BCUT2D eigenvalue weighted by atomic mass is 10.1. The number of hydrogen-bond acceptors (Lipinski definition) is 7. The standard InChI is InChI=1S/C25H25N3O5S/c1-3-5-14-33-19-7-9-20(10-8-19)34(30,31)23-16-27-22-11-6-18(25(29)32-4-2)15-21(22)24(23)28-13-12-26-17-28/h6-13,15-17H,3-5,14H2,1-2H3. The van der Waals surface area contributed by atoms with E-state index in [9.17, 15) is 13.2 Å². The first kappa shape index (κ1) is 23.4. The maximum atomic E-state index is 13.7. The molecular formula is C25H25N3O5S. The Hall–Kier alpha value is -3.72. The fourth-order valence-electron chi connectivity index (χ4n) is 3.53. The van der Waals surface area contributed by atoms with Gasteiger partial charge in [-0.15, -0.1) is 0 Å². The van der Waals surface area contributed by atoms with E-state index in [1.807, 2.05) is 0 Å². The van der Waals surface area contributed by atoms with Crippen molar-refractivity contribution in [3.05, 3.63) is 72.9 Å². The molecule has 4 rings (SSSR count). The molecule has 0 saturated carbocycles. The molecule has 0 spiro atoms. The van der Waals surface area contributed by atoms with Crippen LogP contribution in [0.15, 0.2) is 77.2 Å². The number of rotatable bonds is 9. The smallest absolute Gasteiger partial charge is 0.338 e. The molecule has 9 heteroatoms. The van der Waals surface area contributed by atoms with Crippen LogP contribution in [0.2, 0.25) is 0 Å². The van der Waals surface area contributed by atoms with Gasteiger partial charge < -0.3 is 14.0 Å². The van der Waals surface area contributed by atoms with Crippen LogP contribution in [-0.2, 0) is 14.6 Å². The highest BCUT2D eigenvalue weighted by Gasteiger charge is 2.25. The molecule has 0 bridgehead atoms. The van der Waals surface area contributed by atoms with Gasteiger partial charge in [-0.25, -0.2) is 18.2 Å². The molecule has 2 aromatic carbocycles. The lowest BCUT2D eigenvalue weighted by Crippen LogP contribution is -2.10. The van der Waals surface area contributed by atoms with E-state index >= 15 is 0 Å². The van der Waals surface area contributed by atoms with Gasteiger partial charge in [0.15, 0.2) is 0 Å². The van der Waals surface area contributed by atoms with Crippen molar-refractivity contribution in [2.45, 2.75) is 36.5 Å². The van der Waals surface area contributed by atoms with E-state index in [2.05, 4.69) is 16.9 Å². The number of esters is 1. The van der Waals surface area contributed by atoms with Crippen LogP contribution < -0.4 is 4.74 Å². The molecule has 34 heavy (non-hydrogen) atoms. The number of ether oxygens (including phenoxy) is 2. The molecule has 0 unspecified atom stereocenters.